The maximum atomic E-state index is 13.6. The Morgan fingerprint density at radius 3 is 3.06 bits per heavy atom. The van der Waals surface area contributed by atoms with Crippen LogP contribution in [-0.2, 0) is 4.74 Å². The topological polar surface area (TPSA) is 55.6 Å². The van der Waals surface area contributed by atoms with Gasteiger partial charge in [0.05, 0.1) is 23.3 Å². The van der Waals surface area contributed by atoms with Crippen molar-refractivity contribution in [2.45, 2.75) is 6.10 Å². The predicted octanol–water partition coefficient (Wildman–Crippen LogP) is 1.28. The van der Waals surface area contributed by atoms with Crippen LogP contribution in [0.5, 0.6) is 0 Å². The van der Waals surface area contributed by atoms with E-state index in [1.807, 2.05) is 0 Å². The minimum Gasteiger partial charge on any atom is -0.373 e. The van der Waals surface area contributed by atoms with E-state index in [2.05, 4.69) is 0 Å². The molecule has 0 bridgehead atoms. The lowest BCUT2D eigenvalue weighted by Gasteiger charge is -2.32. The summed E-state index contributed by atoms with van der Waals surface area (Å²) < 4.78 is 19.0. The van der Waals surface area contributed by atoms with E-state index < -0.39 is 11.7 Å². The van der Waals surface area contributed by atoms with Gasteiger partial charge in [-0.05, 0) is 12.1 Å². The molecule has 1 aromatic rings. The second kappa shape index (κ2) is 5.65. The summed E-state index contributed by atoms with van der Waals surface area (Å²) in [6.45, 7) is 1.51. The van der Waals surface area contributed by atoms with Gasteiger partial charge in [0.2, 0.25) is 0 Å². The molecule has 2 N–H and O–H groups in total. The first kappa shape index (κ1) is 13.3. The first-order chi connectivity index (χ1) is 8.63. The molecule has 1 atom stereocenters. The maximum Gasteiger partial charge on any atom is 0.258 e. The van der Waals surface area contributed by atoms with Crippen LogP contribution < -0.4 is 5.73 Å². The van der Waals surface area contributed by atoms with Crippen molar-refractivity contribution in [1.82, 2.24) is 4.90 Å². The van der Waals surface area contributed by atoms with Crippen LogP contribution in [0.4, 0.5) is 4.39 Å². The Morgan fingerprint density at radius 1 is 1.61 bits per heavy atom. The predicted molar refractivity (Wildman–Crippen MR) is 66.1 cm³/mol. The van der Waals surface area contributed by atoms with Gasteiger partial charge >= 0.3 is 0 Å². The first-order valence-electron chi connectivity index (χ1n) is 5.68. The molecule has 0 spiro atoms. The van der Waals surface area contributed by atoms with E-state index in [1.54, 1.807) is 0 Å². The summed E-state index contributed by atoms with van der Waals surface area (Å²) in [6.07, 6.45) is -0.201. The Labute approximate surface area is 109 Å². The number of rotatable bonds is 2. The van der Waals surface area contributed by atoms with E-state index in [-0.39, 0.29) is 16.7 Å². The fourth-order valence-corrected chi connectivity index (χ4v) is 2.15. The van der Waals surface area contributed by atoms with Crippen LogP contribution >= 0.6 is 11.6 Å². The van der Waals surface area contributed by atoms with Crippen LogP contribution in [0.25, 0.3) is 0 Å². The second-order valence-corrected chi connectivity index (χ2v) is 4.48. The zero-order valence-electron chi connectivity index (χ0n) is 9.73. The summed E-state index contributed by atoms with van der Waals surface area (Å²) in [5.41, 5.74) is 5.41. The summed E-state index contributed by atoms with van der Waals surface area (Å²) in [5, 5.41) is 0.121. The van der Waals surface area contributed by atoms with Gasteiger partial charge in [-0.2, -0.15) is 0 Å². The standard InChI is InChI=1S/C12H14ClFN2O2/c13-9-2-1-3-10(14)11(9)12(17)16-4-5-18-8(6-15)7-16/h1-3,8H,4-7,15H2/t8-/m1/s1. The average molecular weight is 273 g/mol. The zero-order valence-corrected chi connectivity index (χ0v) is 10.5. The van der Waals surface area contributed by atoms with Crippen LogP contribution in [0, 0.1) is 5.82 Å². The number of ether oxygens (including phenoxy) is 1. The molecule has 1 aromatic carbocycles. The lowest BCUT2D eigenvalue weighted by molar-refractivity contribution is -0.0169. The molecule has 1 fully saturated rings. The Bertz CT molecular complexity index is 435. The third kappa shape index (κ3) is 2.63. The van der Waals surface area contributed by atoms with Gasteiger partial charge in [0, 0.05) is 19.6 Å². The van der Waals surface area contributed by atoms with Crippen molar-refractivity contribution < 1.29 is 13.9 Å². The van der Waals surface area contributed by atoms with Crippen molar-refractivity contribution in [3.8, 4) is 0 Å². The molecule has 0 unspecified atom stereocenters. The van der Waals surface area contributed by atoms with Gasteiger partial charge in [0.15, 0.2) is 0 Å². The van der Waals surface area contributed by atoms with Gasteiger partial charge in [0.25, 0.3) is 5.91 Å². The minimum atomic E-state index is -0.608. The Kier molecular flexibility index (Phi) is 4.16. The van der Waals surface area contributed by atoms with Crippen LogP contribution in [0.1, 0.15) is 10.4 Å². The van der Waals surface area contributed by atoms with Crippen molar-refractivity contribution in [3.05, 3.63) is 34.6 Å². The SMILES string of the molecule is NC[C@@H]1CN(C(=O)c2c(F)cccc2Cl)CCO1. The molecule has 1 heterocycles. The van der Waals surface area contributed by atoms with E-state index in [4.69, 9.17) is 22.1 Å². The van der Waals surface area contributed by atoms with Crippen LogP contribution in [0.2, 0.25) is 5.02 Å². The van der Waals surface area contributed by atoms with Gasteiger partial charge < -0.3 is 15.4 Å². The molecule has 1 saturated heterocycles. The fourth-order valence-electron chi connectivity index (χ4n) is 1.91. The summed E-state index contributed by atoms with van der Waals surface area (Å²) in [4.78, 5) is 13.7. The number of amides is 1. The van der Waals surface area contributed by atoms with Crippen molar-refractivity contribution in [2.24, 2.45) is 5.73 Å². The lowest BCUT2D eigenvalue weighted by atomic mass is 10.1. The molecular weight excluding hydrogens is 259 g/mol. The lowest BCUT2D eigenvalue weighted by Crippen LogP contribution is -2.48. The fraction of sp³-hybridized carbons (Fsp3) is 0.417. The quantitative estimate of drug-likeness (QED) is 0.882. The summed E-state index contributed by atoms with van der Waals surface area (Å²) in [5.74, 6) is -1.02. The van der Waals surface area contributed by atoms with E-state index in [0.29, 0.717) is 26.2 Å². The molecule has 0 saturated carbocycles. The van der Waals surface area contributed by atoms with E-state index in [1.165, 1.54) is 23.1 Å². The summed E-state index contributed by atoms with van der Waals surface area (Å²) >= 11 is 5.87. The molecule has 0 aromatic heterocycles. The van der Waals surface area contributed by atoms with E-state index in [0.717, 1.165) is 0 Å². The number of hydrogen-bond acceptors (Lipinski definition) is 3. The largest absolute Gasteiger partial charge is 0.373 e. The van der Waals surface area contributed by atoms with Crippen molar-refractivity contribution >= 4 is 17.5 Å². The van der Waals surface area contributed by atoms with Gasteiger partial charge in [-0.25, -0.2) is 4.39 Å². The number of carbonyl (C=O) groups excluding carboxylic acids is 1. The minimum absolute atomic E-state index is 0.0863. The third-order valence-corrected chi connectivity index (χ3v) is 3.18. The van der Waals surface area contributed by atoms with Crippen LogP contribution in [-0.4, -0.2) is 43.2 Å². The zero-order chi connectivity index (χ0) is 13.1. The molecule has 98 valence electrons. The first-order valence-corrected chi connectivity index (χ1v) is 6.06. The monoisotopic (exact) mass is 272 g/mol. The molecule has 1 amide bonds. The number of nitrogens with two attached hydrogens (primary N) is 1. The summed E-state index contributed by atoms with van der Waals surface area (Å²) in [6, 6.07) is 4.19. The molecule has 6 heteroatoms. The third-order valence-electron chi connectivity index (χ3n) is 2.87. The second-order valence-electron chi connectivity index (χ2n) is 4.08. The highest BCUT2D eigenvalue weighted by atomic mass is 35.5. The normalized spacial score (nSPS) is 19.9. The molecule has 4 nitrogen and oxygen atoms in total. The summed E-state index contributed by atoms with van der Waals surface area (Å²) in [7, 11) is 0. The maximum absolute atomic E-state index is 13.6. The van der Waals surface area contributed by atoms with Crippen molar-refractivity contribution in [1.29, 1.82) is 0 Å². The van der Waals surface area contributed by atoms with Gasteiger partial charge in [-0.3, -0.25) is 4.79 Å². The van der Waals surface area contributed by atoms with Crippen molar-refractivity contribution in [2.75, 3.05) is 26.2 Å². The van der Waals surface area contributed by atoms with E-state index in [9.17, 15) is 9.18 Å². The molecular formula is C12H14ClFN2O2. The molecule has 1 aliphatic rings. The van der Waals surface area contributed by atoms with E-state index >= 15 is 0 Å². The number of nitrogens with zero attached hydrogens (tertiary/aromatic N) is 1. The molecule has 0 radical (unpaired) electrons. The molecule has 2 rings (SSSR count). The highest BCUT2D eigenvalue weighted by molar-refractivity contribution is 6.33. The Morgan fingerprint density at radius 2 is 2.39 bits per heavy atom. The highest BCUT2D eigenvalue weighted by Crippen LogP contribution is 2.21. The number of carbonyl (C=O) groups is 1. The van der Waals surface area contributed by atoms with Gasteiger partial charge in [-0.15, -0.1) is 0 Å². The molecule has 18 heavy (non-hydrogen) atoms. The highest BCUT2D eigenvalue weighted by Gasteiger charge is 2.27. The number of benzene rings is 1. The van der Waals surface area contributed by atoms with Gasteiger partial charge in [0.1, 0.15) is 5.82 Å². The van der Waals surface area contributed by atoms with Crippen LogP contribution in [0.15, 0.2) is 18.2 Å². The van der Waals surface area contributed by atoms with Crippen LogP contribution in [0.3, 0.4) is 0 Å². The van der Waals surface area contributed by atoms with Gasteiger partial charge in [-0.1, -0.05) is 17.7 Å². The Balaban J connectivity index is 2.20. The Hall–Kier alpha value is -1.17. The smallest absolute Gasteiger partial charge is 0.258 e. The molecule has 0 aliphatic carbocycles. The average Bonchev–Trinajstić information content (AvgIpc) is 2.38. The molecule has 1 aliphatic heterocycles. The number of morpholine rings is 1. The number of hydrogen-bond donors (Lipinski definition) is 1. The number of halogens is 2. The van der Waals surface area contributed by atoms with Crippen molar-refractivity contribution in [3.63, 3.8) is 0 Å².